The number of hydrogen-bond donors (Lipinski definition) is 3. The zero-order valence-corrected chi connectivity index (χ0v) is 16.8. The van der Waals surface area contributed by atoms with Gasteiger partial charge < -0.3 is 20.1 Å². The molecule has 0 bridgehead atoms. The summed E-state index contributed by atoms with van der Waals surface area (Å²) < 4.78 is 35.8. The Balaban J connectivity index is 2.51. The number of nitrogens with one attached hydrogen (secondary N) is 3. The van der Waals surface area contributed by atoms with E-state index < -0.39 is 10.0 Å². The molecule has 0 unspecified atom stereocenters. The molecule has 0 radical (unpaired) electrons. The molecule has 148 valence electrons. The summed E-state index contributed by atoms with van der Waals surface area (Å²) in [5, 5.41) is 6.37. The number of methoxy groups -OCH3 is 2. The average molecular weight is 387 g/mol. The van der Waals surface area contributed by atoms with Crippen molar-refractivity contribution in [3.63, 3.8) is 0 Å². The number of guanidine groups is 1. The second kappa shape index (κ2) is 11.6. The van der Waals surface area contributed by atoms with E-state index in [9.17, 15) is 8.42 Å². The quantitative estimate of drug-likeness (QED) is 0.295. The summed E-state index contributed by atoms with van der Waals surface area (Å²) in [5.74, 6) is 2.13. The summed E-state index contributed by atoms with van der Waals surface area (Å²) in [6, 6.07) is 5.82. The molecule has 1 aromatic carbocycles. The highest BCUT2D eigenvalue weighted by Gasteiger charge is 2.06. The van der Waals surface area contributed by atoms with Gasteiger partial charge in [0.1, 0.15) is 0 Å². The van der Waals surface area contributed by atoms with Gasteiger partial charge in [0.05, 0.1) is 26.5 Å². The lowest BCUT2D eigenvalue weighted by Gasteiger charge is -2.13. The highest BCUT2D eigenvalue weighted by atomic mass is 32.2. The summed E-state index contributed by atoms with van der Waals surface area (Å²) in [7, 11) is 0.0464. The zero-order chi connectivity index (χ0) is 19.4. The minimum atomic E-state index is -3.18. The molecular weight excluding hydrogens is 356 g/mol. The molecule has 0 heterocycles. The van der Waals surface area contributed by atoms with Crippen LogP contribution in [0, 0.1) is 0 Å². The topological polar surface area (TPSA) is 101 Å². The Morgan fingerprint density at radius 2 is 1.81 bits per heavy atom. The Morgan fingerprint density at radius 3 is 2.42 bits per heavy atom. The van der Waals surface area contributed by atoms with Crippen LogP contribution in [0.5, 0.6) is 11.5 Å². The van der Waals surface area contributed by atoms with Crippen LogP contribution in [-0.4, -0.2) is 60.5 Å². The lowest BCUT2D eigenvalue weighted by molar-refractivity contribution is 0.354. The third-order valence-corrected chi connectivity index (χ3v) is 4.99. The first-order valence-corrected chi connectivity index (χ1v) is 10.3. The maximum absolute atomic E-state index is 11.4. The van der Waals surface area contributed by atoms with E-state index in [-0.39, 0.29) is 12.3 Å². The van der Waals surface area contributed by atoms with Crippen molar-refractivity contribution in [1.82, 2.24) is 15.4 Å². The lowest BCUT2D eigenvalue weighted by atomic mass is 10.1. The Morgan fingerprint density at radius 1 is 1.08 bits per heavy atom. The van der Waals surface area contributed by atoms with E-state index in [2.05, 4.69) is 20.3 Å². The van der Waals surface area contributed by atoms with Crippen LogP contribution >= 0.6 is 0 Å². The van der Waals surface area contributed by atoms with E-state index in [1.54, 1.807) is 21.1 Å². The molecule has 0 aliphatic rings. The van der Waals surface area contributed by atoms with Crippen molar-refractivity contribution in [2.24, 2.45) is 4.99 Å². The number of sulfonamides is 1. The fraction of sp³-hybridized carbons (Fsp3) is 0.588. The van der Waals surface area contributed by atoms with Gasteiger partial charge in [-0.2, -0.15) is 0 Å². The molecule has 0 atom stereocenters. The largest absolute Gasteiger partial charge is 0.493 e. The molecular formula is C17H30N4O4S. The van der Waals surface area contributed by atoms with Crippen LogP contribution in [0.3, 0.4) is 0 Å². The average Bonchev–Trinajstić information content (AvgIpc) is 2.65. The molecule has 0 fully saturated rings. The van der Waals surface area contributed by atoms with Gasteiger partial charge in [0, 0.05) is 19.6 Å². The van der Waals surface area contributed by atoms with Gasteiger partial charge in [-0.1, -0.05) is 6.07 Å². The van der Waals surface area contributed by atoms with Gasteiger partial charge in [-0.3, -0.25) is 4.99 Å². The molecule has 8 nitrogen and oxygen atoms in total. The molecule has 0 saturated carbocycles. The second-order valence-electron chi connectivity index (χ2n) is 5.42. The molecule has 0 amide bonds. The Kier molecular flexibility index (Phi) is 9.82. The van der Waals surface area contributed by atoms with Crippen LogP contribution in [0.4, 0.5) is 0 Å². The standard InChI is InChI=1S/C17H30N4O4S/c1-5-18-17(20-11-12-21-26(22,23)6-2)19-10-9-14-7-8-15(24-3)16(13-14)25-4/h7-8,13,21H,5-6,9-12H2,1-4H3,(H2,18,19,20). The molecule has 0 aliphatic carbocycles. The van der Waals surface area contributed by atoms with Gasteiger partial charge in [0.2, 0.25) is 10.0 Å². The zero-order valence-electron chi connectivity index (χ0n) is 16.0. The molecule has 1 rings (SSSR count). The van der Waals surface area contributed by atoms with Gasteiger partial charge in [0.15, 0.2) is 17.5 Å². The van der Waals surface area contributed by atoms with Crippen LogP contribution in [0.2, 0.25) is 0 Å². The van der Waals surface area contributed by atoms with Gasteiger partial charge >= 0.3 is 0 Å². The Labute approximate surface area is 156 Å². The van der Waals surface area contributed by atoms with Crippen LogP contribution in [0.1, 0.15) is 19.4 Å². The number of ether oxygens (including phenoxy) is 2. The molecule has 0 saturated heterocycles. The predicted molar refractivity (Wildman–Crippen MR) is 105 cm³/mol. The molecule has 1 aromatic rings. The second-order valence-corrected chi connectivity index (χ2v) is 7.52. The van der Waals surface area contributed by atoms with Crippen LogP contribution in [0.15, 0.2) is 23.2 Å². The smallest absolute Gasteiger partial charge is 0.211 e. The molecule has 0 spiro atoms. The van der Waals surface area contributed by atoms with Crippen molar-refractivity contribution >= 4 is 16.0 Å². The van der Waals surface area contributed by atoms with Gasteiger partial charge in [-0.25, -0.2) is 13.1 Å². The maximum atomic E-state index is 11.4. The van der Waals surface area contributed by atoms with Gasteiger partial charge in [-0.15, -0.1) is 0 Å². The van der Waals surface area contributed by atoms with E-state index in [4.69, 9.17) is 9.47 Å². The van der Waals surface area contributed by atoms with E-state index in [0.29, 0.717) is 30.5 Å². The molecule has 0 aliphatic heterocycles. The number of aliphatic imine (C=N–C) groups is 1. The Bertz CT molecular complexity index is 677. The Hall–Kier alpha value is -2.00. The fourth-order valence-corrected chi connectivity index (χ4v) is 2.78. The number of benzene rings is 1. The number of hydrogen-bond acceptors (Lipinski definition) is 5. The van der Waals surface area contributed by atoms with E-state index in [0.717, 1.165) is 18.5 Å². The SMILES string of the molecule is CCNC(=NCCNS(=O)(=O)CC)NCCc1ccc(OC)c(OC)c1. The first-order chi connectivity index (χ1) is 12.5. The summed E-state index contributed by atoms with van der Waals surface area (Å²) in [6.45, 7) is 5.63. The van der Waals surface area contributed by atoms with Crippen LogP contribution < -0.4 is 24.8 Å². The summed E-state index contributed by atoms with van der Waals surface area (Å²) >= 11 is 0. The fourth-order valence-electron chi connectivity index (χ4n) is 2.17. The van der Waals surface area contributed by atoms with Crippen LogP contribution in [0.25, 0.3) is 0 Å². The van der Waals surface area contributed by atoms with Crippen molar-refractivity contribution in [2.45, 2.75) is 20.3 Å². The third-order valence-electron chi connectivity index (χ3n) is 3.58. The highest BCUT2D eigenvalue weighted by molar-refractivity contribution is 7.89. The highest BCUT2D eigenvalue weighted by Crippen LogP contribution is 2.27. The van der Waals surface area contributed by atoms with E-state index in [1.807, 2.05) is 25.1 Å². The van der Waals surface area contributed by atoms with Crippen molar-refractivity contribution in [3.05, 3.63) is 23.8 Å². The van der Waals surface area contributed by atoms with Crippen molar-refractivity contribution in [1.29, 1.82) is 0 Å². The van der Waals surface area contributed by atoms with E-state index >= 15 is 0 Å². The third kappa shape index (κ3) is 7.92. The van der Waals surface area contributed by atoms with Crippen molar-refractivity contribution in [3.8, 4) is 11.5 Å². The van der Waals surface area contributed by atoms with Crippen molar-refractivity contribution < 1.29 is 17.9 Å². The number of nitrogens with zero attached hydrogens (tertiary/aromatic N) is 1. The molecule has 3 N–H and O–H groups in total. The summed E-state index contributed by atoms with van der Waals surface area (Å²) in [6.07, 6.45) is 0.785. The lowest BCUT2D eigenvalue weighted by Crippen LogP contribution is -2.39. The summed E-state index contributed by atoms with van der Waals surface area (Å²) in [5.41, 5.74) is 1.11. The van der Waals surface area contributed by atoms with Crippen LogP contribution in [-0.2, 0) is 16.4 Å². The minimum absolute atomic E-state index is 0.0698. The predicted octanol–water partition coefficient (Wildman–Crippen LogP) is 0.741. The molecule has 26 heavy (non-hydrogen) atoms. The van der Waals surface area contributed by atoms with Gasteiger partial charge in [0.25, 0.3) is 0 Å². The molecule has 9 heteroatoms. The van der Waals surface area contributed by atoms with E-state index in [1.165, 1.54) is 0 Å². The normalized spacial score (nSPS) is 11.9. The summed E-state index contributed by atoms with van der Waals surface area (Å²) in [4.78, 5) is 4.37. The number of rotatable bonds is 11. The maximum Gasteiger partial charge on any atom is 0.211 e. The van der Waals surface area contributed by atoms with Crippen molar-refractivity contribution in [2.75, 3.05) is 46.2 Å². The molecule has 0 aromatic heterocycles. The first-order valence-electron chi connectivity index (χ1n) is 8.66. The van der Waals surface area contributed by atoms with Gasteiger partial charge in [-0.05, 0) is 38.0 Å². The minimum Gasteiger partial charge on any atom is -0.493 e. The first kappa shape index (κ1) is 22.0. The monoisotopic (exact) mass is 386 g/mol.